The van der Waals surface area contributed by atoms with Gasteiger partial charge in [-0.05, 0) is 55.4 Å². The van der Waals surface area contributed by atoms with Gasteiger partial charge in [-0.15, -0.1) is 11.3 Å². The Kier molecular flexibility index (Phi) is 5.53. The van der Waals surface area contributed by atoms with E-state index in [9.17, 15) is 9.59 Å². The van der Waals surface area contributed by atoms with Gasteiger partial charge in [0.1, 0.15) is 4.88 Å². The van der Waals surface area contributed by atoms with Gasteiger partial charge in [0.05, 0.1) is 6.04 Å². The van der Waals surface area contributed by atoms with Crippen LogP contribution in [0, 0.1) is 6.92 Å². The lowest BCUT2D eigenvalue weighted by atomic mass is 9.88. The summed E-state index contributed by atoms with van der Waals surface area (Å²) in [6.45, 7) is 3.80. The van der Waals surface area contributed by atoms with E-state index in [4.69, 9.17) is 4.74 Å². The summed E-state index contributed by atoms with van der Waals surface area (Å²) in [7, 11) is 0. The Labute approximate surface area is 152 Å². The number of esters is 1. The third-order valence-corrected chi connectivity index (χ3v) is 5.94. The summed E-state index contributed by atoms with van der Waals surface area (Å²) in [5.74, 6) is -0.675. The van der Waals surface area contributed by atoms with Crippen LogP contribution in [-0.2, 0) is 22.4 Å². The average molecular weight is 357 g/mol. The van der Waals surface area contributed by atoms with Crippen LogP contribution in [0.25, 0.3) is 0 Å². The van der Waals surface area contributed by atoms with Crippen LogP contribution in [0.15, 0.2) is 30.3 Å². The van der Waals surface area contributed by atoms with Crippen LogP contribution >= 0.6 is 11.3 Å². The lowest BCUT2D eigenvalue weighted by molar-refractivity contribution is -0.125. The molecule has 1 atom stereocenters. The minimum absolute atomic E-state index is 0.00632. The number of amides is 1. The van der Waals surface area contributed by atoms with Crippen molar-refractivity contribution in [1.29, 1.82) is 0 Å². The fraction of sp³-hybridized carbons (Fsp3) is 0.400. The van der Waals surface area contributed by atoms with Gasteiger partial charge in [0.15, 0.2) is 6.61 Å². The second-order valence-electron chi connectivity index (χ2n) is 6.36. The zero-order valence-electron chi connectivity index (χ0n) is 14.6. The molecular weight excluding hydrogens is 334 g/mol. The summed E-state index contributed by atoms with van der Waals surface area (Å²) >= 11 is 1.44. The van der Waals surface area contributed by atoms with Crippen LogP contribution in [0.2, 0.25) is 0 Å². The number of nitrogens with one attached hydrogen (secondary N) is 1. The molecule has 0 bridgehead atoms. The predicted molar refractivity (Wildman–Crippen MR) is 99.0 cm³/mol. The van der Waals surface area contributed by atoms with Crippen LogP contribution in [0.5, 0.6) is 0 Å². The number of hydrogen-bond donors (Lipinski definition) is 1. The molecule has 1 amide bonds. The number of aryl methyl sites for hydroxylation is 3. The summed E-state index contributed by atoms with van der Waals surface area (Å²) in [6, 6.07) is 10.0. The molecular formula is C20H23NO3S. The molecule has 1 aliphatic carbocycles. The Bertz CT molecular complexity index is 781. The molecule has 4 nitrogen and oxygen atoms in total. The van der Waals surface area contributed by atoms with Crippen molar-refractivity contribution in [2.24, 2.45) is 0 Å². The van der Waals surface area contributed by atoms with E-state index < -0.39 is 5.97 Å². The highest BCUT2D eigenvalue weighted by Gasteiger charge is 2.22. The molecule has 1 aromatic carbocycles. The third-order valence-electron chi connectivity index (χ3n) is 4.58. The van der Waals surface area contributed by atoms with Gasteiger partial charge in [0, 0.05) is 4.88 Å². The Morgan fingerprint density at radius 2 is 2.12 bits per heavy atom. The van der Waals surface area contributed by atoms with Crippen LogP contribution in [-0.4, -0.2) is 18.5 Å². The first-order valence-corrected chi connectivity index (χ1v) is 9.53. The molecule has 1 N–H and O–H groups in total. The number of thiophene rings is 1. The first-order chi connectivity index (χ1) is 12.1. The SMILES string of the molecule is CCc1sc(C(=O)OCC(=O)N[C@@H]2CCCc3ccccc32)cc1C. The number of rotatable bonds is 5. The normalized spacial score (nSPS) is 16.2. The quantitative estimate of drug-likeness (QED) is 0.824. The van der Waals surface area contributed by atoms with Gasteiger partial charge in [-0.3, -0.25) is 4.79 Å². The third kappa shape index (κ3) is 4.10. The lowest BCUT2D eigenvalue weighted by Gasteiger charge is -2.26. The molecule has 0 radical (unpaired) electrons. The van der Waals surface area contributed by atoms with Crippen LogP contribution in [0.1, 0.15) is 57.0 Å². The molecule has 0 spiro atoms. The highest BCUT2D eigenvalue weighted by atomic mass is 32.1. The highest BCUT2D eigenvalue weighted by Crippen LogP contribution is 2.29. The van der Waals surface area contributed by atoms with Crippen LogP contribution in [0.4, 0.5) is 0 Å². The number of carbonyl (C=O) groups is 2. The van der Waals surface area contributed by atoms with Gasteiger partial charge in [-0.25, -0.2) is 4.79 Å². The largest absolute Gasteiger partial charge is 0.451 e. The topological polar surface area (TPSA) is 55.4 Å². The molecule has 5 heteroatoms. The summed E-state index contributed by atoms with van der Waals surface area (Å²) in [4.78, 5) is 26.1. The van der Waals surface area contributed by atoms with Crippen LogP contribution < -0.4 is 5.32 Å². The van der Waals surface area contributed by atoms with Crippen molar-refractivity contribution in [3.8, 4) is 0 Å². The van der Waals surface area contributed by atoms with Crippen molar-refractivity contribution in [3.63, 3.8) is 0 Å². The molecule has 0 unspecified atom stereocenters. The highest BCUT2D eigenvalue weighted by molar-refractivity contribution is 7.14. The van der Waals surface area contributed by atoms with Crippen molar-refractivity contribution in [3.05, 3.63) is 56.8 Å². The van der Waals surface area contributed by atoms with E-state index in [0.29, 0.717) is 4.88 Å². The van der Waals surface area contributed by atoms with E-state index in [1.54, 1.807) is 0 Å². The van der Waals surface area contributed by atoms with Gasteiger partial charge in [-0.1, -0.05) is 31.2 Å². The number of fused-ring (bicyclic) bond motifs is 1. The fourth-order valence-corrected chi connectivity index (χ4v) is 4.32. The molecule has 0 fully saturated rings. The molecule has 3 rings (SSSR count). The van der Waals surface area contributed by atoms with Gasteiger partial charge in [0.2, 0.25) is 0 Å². The Balaban J connectivity index is 1.56. The molecule has 1 aliphatic rings. The van der Waals surface area contributed by atoms with Crippen molar-refractivity contribution >= 4 is 23.2 Å². The Morgan fingerprint density at radius 1 is 1.32 bits per heavy atom. The molecule has 2 aromatic rings. The zero-order valence-corrected chi connectivity index (χ0v) is 15.4. The van der Waals surface area contributed by atoms with Crippen molar-refractivity contribution in [1.82, 2.24) is 5.32 Å². The second kappa shape index (κ2) is 7.83. The van der Waals surface area contributed by atoms with E-state index in [1.165, 1.54) is 27.3 Å². The summed E-state index contributed by atoms with van der Waals surface area (Å²) < 4.78 is 5.19. The number of hydrogen-bond acceptors (Lipinski definition) is 4. The average Bonchev–Trinajstić information content (AvgIpc) is 3.01. The van der Waals surface area contributed by atoms with Gasteiger partial charge < -0.3 is 10.1 Å². The van der Waals surface area contributed by atoms with Crippen molar-refractivity contribution < 1.29 is 14.3 Å². The number of ether oxygens (including phenoxy) is 1. The van der Waals surface area contributed by atoms with Gasteiger partial charge in [-0.2, -0.15) is 0 Å². The second-order valence-corrected chi connectivity index (χ2v) is 7.49. The zero-order chi connectivity index (χ0) is 17.8. The smallest absolute Gasteiger partial charge is 0.348 e. The maximum absolute atomic E-state index is 12.2. The molecule has 0 saturated heterocycles. The molecule has 0 aliphatic heterocycles. The van der Waals surface area contributed by atoms with E-state index in [2.05, 4.69) is 24.4 Å². The maximum atomic E-state index is 12.2. The van der Waals surface area contributed by atoms with E-state index in [-0.39, 0.29) is 18.6 Å². The standard InChI is InChI=1S/C20H23NO3S/c1-3-17-13(2)11-18(25-17)20(23)24-12-19(22)21-16-10-6-8-14-7-4-5-9-15(14)16/h4-5,7,9,11,16H,3,6,8,10,12H2,1-2H3,(H,21,22)/t16-/m1/s1. The first-order valence-electron chi connectivity index (χ1n) is 8.72. The molecule has 1 heterocycles. The number of benzene rings is 1. The first kappa shape index (κ1) is 17.7. The Hall–Kier alpha value is -2.14. The summed E-state index contributed by atoms with van der Waals surface area (Å²) in [6.07, 6.45) is 3.91. The van der Waals surface area contributed by atoms with Gasteiger partial charge >= 0.3 is 5.97 Å². The minimum atomic E-state index is -0.424. The predicted octanol–water partition coefficient (Wildman–Crippen LogP) is 3.97. The molecule has 1 aromatic heterocycles. The van der Waals surface area contributed by atoms with Crippen LogP contribution in [0.3, 0.4) is 0 Å². The molecule has 0 saturated carbocycles. The number of carbonyl (C=O) groups excluding carboxylic acids is 2. The van der Waals surface area contributed by atoms with E-state index in [0.717, 1.165) is 31.2 Å². The molecule has 25 heavy (non-hydrogen) atoms. The molecule has 132 valence electrons. The van der Waals surface area contributed by atoms with E-state index >= 15 is 0 Å². The van der Waals surface area contributed by atoms with Gasteiger partial charge in [0.25, 0.3) is 5.91 Å². The fourth-order valence-electron chi connectivity index (χ4n) is 3.31. The lowest BCUT2D eigenvalue weighted by Crippen LogP contribution is -2.34. The monoisotopic (exact) mass is 357 g/mol. The summed E-state index contributed by atoms with van der Waals surface area (Å²) in [5.41, 5.74) is 3.56. The van der Waals surface area contributed by atoms with Crippen molar-refractivity contribution in [2.75, 3.05) is 6.61 Å². The van der Waals surface area contributed by atoms with E-state index in [1.807, 2.05) is 25.1 Å². The maximum Gasteiger partial charge on any atom is 0.348 e. The summed E-state index contributed by atoms with van der Waals surface area (Å²) in [5, 5.41) is 3.00. The van der Waals surface area contributed by atoms with Crippen molar-refractivity contribution in [2.45, 2.75) is 45.6 Å². The minimum Gasteiger partial charge on any atom is -0.451 e. The Morgan fingerprint density at radius 3 is 2.88 bits per heavy atom.